The molecule has 0 fully saturated rings. The summed E-state index contributed by atoms with van der Waals surface area (Å²) in [5.74, 6) is -0.682. The van der Waals surface area contributed by atoms with Crippen molar-refractivity contribution in [3.63, 3.8) is 0 Å². The zero-order valence-corrected chi connectivity index (χ0v) is 10.6. The van der Waals surface area contributed by atoms with Crippen LogP contribution in [-0.4, -0.2) is 16.8 Å². The molecule has 0 heterocycles. The van der Waals surface area contributed by atoms with Crippen LogP contribution in [0.5, 0.6) is 5.75 Å². The van der Waals surface area contributed by atoms with Gasteiger partial charge in [0.1, 0.15) is 11.6 Å². The first-order valence-electron chi connectivity index (χ1n) is 6.02. The zero-order chi connectivity index (χ0) is 13.8. The van der Waals surface area contributed by atoms with E-state index in [0.717, 1.165) is 17.3 Å². The largest absolute Gasteiger partial charge is 0.508 e. The molecule has 0 spiro atoms. The van der Waals surface area contributed by atoms with Gasteiger partial charge in [-0.1, -0.05) is 17.7 Å². The zero-order valence-electron chi connectivity index (χ0n) is 10.6. The van der Waals surface area contributed by atoms with E-state index in [1.165, 1.54) is 12.1 Å². The van der Waals surface area contributed by atoms with Gasteiger partial charge >= 0.3 is 0 Å². The number of aryl methyl sites for hydroxylation is 1. The number of hydrogen-bond donors (Lipinski definition) is 3. The van der Waals surface area contributed by atoms with E-state index < -0.39 is 11.9 Å². The van der Waals surface area contributed by atoms with Crippen molar-refractivity contribution in [2.24, 2.45) is 0 Å². The fourth-order valence-corrected chi connectivity index (χ4v) is 1.88. The van der Waals surface area contributed by atoms with Crippen LogP contribution in [0.2, 0.25) is 0 Å². The van der Waals surface area contributed by atoms with Crippen LogP contribution in [0.25, 0.3) is 0 Å². The first kappa shape index (κ1) is 13.4. The van der Waals surface area contributed by atoms with Gasteiger partial charge in [0.2, 0.25) is 0 Å². The predicted molar refractivity (Wildman–Crippen MR) is 72.7 cm³/mol. The van der Waals surface area contributed by atoms with Crippen molar-refractivity contribution < 1.29 is 14.6 Å². The monoisotopic (exact) mass is 261 g/mol. The molecule has 2 aromatic rings. The summed E-state index contributed by atoms with van der Waals surface area (Å²) >= 11 is 0. The van der Waals surface area contributed by atoms with E-state index >= 15 is 0 Å². The van der Waals surface area contributed by atoms with Gasteiger partial charge in [-0.2, -0.15) is 0 Å². The number of halogens is 1. The number of rotatable bonds is 4. The maximum Gasteiger partial charge on any atom is 0.127 e. The molecule has 0 aliphatic carbocycles. The van der Waals surface area contributed by atoms with Gasteiger partial charge in [0.25, 0.3) is 0 Å². The van der Waals surface area contributed by atoms with Gasteiger partial charge in [-0.05, 0) is 36.8 Å². The minimum Gasteiger partial charge on any atom is -0.508 e. The van der Waals surface area contributed by atoms with Gasteiger partial charge in [-0.25, -0.2) is 4.39 Å². The second-order valence-corrected chi connectivity index (χ2v) is 4.49. The highest BCUT2D eigenvalue weighted by Gasteiger charge is 2.12. The summed E-state index contributed by atoms with van der Waals surface area (Å²) in [6.07, 6.45) is 0. The maximum absolute atomic E-state index is 13.2. The van der Waals surface area contributed by atoms with E-state index in [0.29, 0.717) is 5.56 Å². The van der Waals surface area contributed by atoms with Gasteiger partial charge in [0.15, 0.2) is 0 Å². The van der Waals surface area contributed by atoms with Crippen molar-refractivity contribution in [1.29, 1.82) is 0 Å². The van der Waals surface area contributed by atoms with Crippen molar-refractivity contribution in [3.8, 4) is 5.75 Å². The summed E-state index contributed by atoms with van der Waals surface area (Å²) in [7, 11) is 0. The smallest absolute Gasteiger partial charge is 0.127 e. The summed E-state index contributed by atoms with van der Waals surface area (Å²) in [6.45, 7) is 1.79. The molecule has 0 aliphatic rings. The first-order valence-corrected chi connectivity index (χ1v) is 6.02. The minimum absolute atomic E-state index is 0.154. The molecule has 3 N–H and O–H groups in total. The van der Waals surface area contributed by atoms with Crippen LogP contribution in [-0.2, 0) is 0 Å². The maximum atomic E-state index is 13.2. The van der Waals surface area contributed by atoms with Gasteiger partial charge in [-0.3, -0.25) is 0 Å². The molecule has 0 aromatic heterocycles. The number of anilines is 1. The molecular weight excluding hydrogens is 245 g/mol. The van der Waals surface area contributed by atoms with E-state index in [4.69, 9.17) is 0 Å². The van der Waals surface area contributed by atoms with E-state index in [1.54, 1.807) is 0 Å². The lowest BCUT2D eigenvalue weighted by Crippen LogP contribution is -2.15. The molecule has 2 rings (SSSR count). The molecule has 0 aliphatic heterocycles. The number of aliphatic hydroxyl groups is 1. The number of nitrogens with one attached hydrogen (secondary N) is 1. The molecule has 2 aromatic carbocycles. The lowest BCUT2D eigenvalue weighted by atomic mass is 10.1. The summed E-state index contributed by atoms with van der Waals surface area (Å²) < 4.78 is 13.2. The molecule has 0 saturated carbocycles. The van der Waals surface area contributed by atoms with E-state index in [1.807, 2.05) is 31.2 Å². The van der Waals surface area contributed by atoms with Gasteiger partial charge in [-0.15, -0.1) is 0 Å². The fraction of sp³-hybridized carbons (Fsp3) is 0.200. The van der Waals surface area contributed by atoms with Crippen LogP contribution in [0, 0.1) is 12.7 Å². The molecule has 100 valence electrons. The minimum atomic E-state index is -0.529. The Morgan fingerprint density at radius 1 is 1.16 bits per heavy atom. The van der Waals surface area contributed by atoms with Crippen molar-refractivity contribution in [2.75, 3.05) is 11.9 Å². The molecule has 1 unspecified atom stereocenters. The normalized spacial score (nSPS) is 12.2. The molecule has 0 bridgehead atoms. The van der Waals surface area contributed by atoms with E-state index in [-0.39, 0.29) is 12.4 Å². The summed E-state index contributed by atoms with van der Waals surface area (Å²) in [5, 5.41) is 21.9. The number of hydrogen-bond acceptors (Lipinski definition) is 3. The van der Waals surface area contributed by atoms with Crippen molar-refractivity contribution >= 4 is 5.69 Å². The Morgan fingerprint density at radius 2 is 1.84 bits per heavy atom. The molecule has 0 radical (unpaired) electrons. The Hall–Kier alpha value is -2.07. The lowest BCUT2D eigenvalue weighted by molar-refractivity contribution is 0.276. The molecule has 0 amide bonds. The van der Waals surface area contributed by atoms with Crippen molar-refractivity contribution in [2.45, 2.75) is 13.0 Å². The predicted octanol–water partition coefficient (Wildman–Crippen LogP) is 2.99. The number of benzene rings is 2. The Bertz CT molecular complexity index is 534. The molecule has 19 heavy (non-hydrogen) atoms. The van der Waals surface area contributed by atoms with E-state index in [2.05, 4.69) is 5.32 Å². The number of phenols is 1. The average molecular weight is 261 g/mol. The Morgan fingerprint density at radius 3 is 2.42 bits per heavy atom. The van der Waals surface area contributed by atoms with Crippen LogP contribution < -0.4 is 5.32 Å². The Kier molecular flexibility index (Phi) is 4.02. The molecule has 3 nitrogen and oxygen atoms in total. The Balaban J connectivity index is 2.22. The summed E-state index contributed by atoms with van der Waals surface area (Å²) in [4.78, 5) is 0. The number of aromatic hydroxyl groups is 1. The van der Waals surface area contributed by atoms with Crippen LogP contribution >= 0.6 is 0 Å². The van der Waals surface area contributed by atoms with Gasteiger partial charge in [0.05, 0.1) is 12.6 Å². The molecular formula is C15H16FNO2. The van der Waals surface area contributed by atoms with Gasteiger partial charge < -0.3 is 15.5 Å². The number of phenolic OH excluding ortho intramolecular Hbond substituents is 1. The van der Waals surface area contributed by atoms with Crippen LogP contribution in [0.4, 0.5) is 10.1 Å². The third-order valence-electron chi connectivity index (χ3n) is 2.88. The van der Waals surface area contributed by atoms with Crippen LogP contribution in [0.1, 0.15) is 17.2 Å². The quantitative estimate of drug-likeness (QED) is 0.793. The lowest BCUT2D eigenvalue weighted by Gasteiger charge is -2.18. The SMILES string of the molecule is Cc1ccc(NC(CO)c2cc(O)cc(F)c2)cc1. The Labute approximate surface area is 111 Å². The molecule has 0 saturated heterocycles. The van der Waals surface area contributed by atoms with E-state index in [9.17, 15) is 14.6 Å². The second-order valence-electron chi connectivity index (χ2n) is 4.49. The van der Waals surface area contributed by atoms with Crippen molar-refractivity contribution in [3.05, 3.63) is 59.4 Å². The van der Waals surface area contributed by atoms with Crippen LogP contribution in [0.15, 0.2) is 42.5 Å². The highest BCUT2D eigenvalue weighted by molar-refractivity contribution is 5.47. The number of aliphatic hydroxyl groups excluding tert-OH is 1. The fourth-order valence-electron chi connectivity index (χ4n) is 1.88. The highest BCUT2D eigenvalue weighted by Crippen LogP contribution is 2.24. The summed E-state index contributed by atoms with van der Waals surface area (Å²) in [5.41, 5.74) is 2.46. The van der Waals surface area contributed by atoms with Gasteiger partial charge in [0, 0.05) is 11.8 Å². The molecule has 4 heteroatoms. The second kappa shape index (κ2) is 5.71. The van der Waals surface area contributed by atoms with Crippen molar-refractivity contribution in [1.82, 2.24) is 0 Å². The average Bonchev–Trinajstić information content (AvgIpc) is 2.37. The molecule has 1 atom stereocenters. The third-order valence-corrected chi connectivity index (χ3v) is 2.88. The standard InChI is InChI=1S/C15H16FNO2/c1-10-2-4-13(5-3-10)17-15(9-18)11-6-12(16)8-14(19)7-11/h2-8,15,17-19H,9H2,1H3. The third kappa shape index (κ3) is 3.45. The summed E-state index contributed by atoms with van der Waals surface area (Å²) in [6, 6.07) is 11.0. The topological polar surface area (TPSA) is 52.5 Å². The first-order chi connectivity index (χ1) is 9.08. The highest BCUT2D eigenvalue weighted by atomic mass is 19.1. The van der Waals surface area contributed by atoms with Crippen LogP contribution in [0.3, 0.4) is 0 Å².